The summed E-state index contributed by atoms with van der Waals surface area (Å²) < 4.78 is 6.19. The number of aromatic nitrogens is 2. The third kappa shape index (κ3) is 4.18. The van der Waals surface area contributed by atoms with Crippen LogP contribution >= 0.6 is 0 Å². The van der Waals surface area contributed by atoms with E-state index in [0.717, 1.165) is 4.57 Å². The quantitative estimate of drug-likeness (QED) is 0.370. The smallest absolute Gasteiger partial charge is 0.335 e. The van der Waals surface area contributed by atoms with E-state index >= 15 is 0 Å². The molecule has 0 radical (unpaired) electrons. The van der Waals surface area contributed by atoms with Gasteiger partial charge in [0.1, 0.15) is 5.75 Å². The molecular formula is C18H15N5O6. The zero-order chi connectivity index (χ0) is 21.0. The van der Waals surface area contributed by atoms with E-state index in [1.54, 1.807) is 12.1 Å². The predicted octanol–water partition coefficient (Wildman–Crippen LogP) is 2.95. The van der Waals surface area contributed by atoms with Crippen LogP contribution in [0, 0.1) is 10.1 Å². The molecule has 0 aliphatic heterocycles. The van der Waals surface area contributed by atoms with Gasteiger partial charge in [-0.25, -0.2) is 9.36 Å². The zero-order valence-corrected chi connectivity index (χ0v) is 15.1. The summed E-state index contributed by atoms with van der Waals surface area (Å²) in [7, 11) is 0. The minimum Gasteiger partial charge on any atom is -0.494 e. The summed E-state index contributed by atoms with van der Waals surface area (Å²) in [6.45, 7) is 2.30. The van der Waals surface area contributed by atoms with Crippen LogP contribution in [0.4, 0.5) is 17.1 Å². The van der Waals surface area contributed by atoms with Crippen LogP contribution in [0.3, 0.4) is 0 Å². The summed E-state index contributed by atoms with van der Waals surface area (Å²) in [6.07, 6.45) is 0. The SMILES string of the molecule is CCOc1ccc(-n2c(O)c(N=Nc3ccc([N+](=O)[O-])cc3)c(=O)[nH]c2=O)cc1. The molecule has 0 amide bonds. The molecule has 0 saturated heterocycles. The molecular weight excluding hydrogens is 382 g/mol. The minimum absolute atomic E-state index is 0.131. The molecule has 11 nitrogen and oxygen atoms in total. The number of nitro groups is 1. The fourth-order valence-corrected chi connectivity index (χ4v) is 2.45. The van der Waals surface area contributed by atoms with Crippen LogP contribution in [0.2, 0.25) is 0 Å². The molecule has 2 aromatic carbocycles. The standard InChI is InChI=1S/C18H15N5O6/c1-2-29-14-9-7-12(8-10-14)22-17(25)15(16(24)19-18(22)26)21-20-11-3-5-13(6-4-11)23(27)28/h3-10,25H,2H2,1H3,(H,19,24,26). The number of nitro benzene ring substituents is 1. The molecule has 0 atom stereocenters. The summed E-state index contributed by atoms with van der Waals surface area (Å²) in [5.41, 5.74) is -1.91. The number of benzene rings is 2. The maximum absolute atomic E-state index is 12.2. The van der Waals surface area contributed by atoms with E-state index in [1.807, 2.05) is 6.92 Å². The third-order valence-electron chi connectivity index (χ3n) is 3.79. The van der Waals surface area contributed by atoms with Crippen LogP contribution < -0.4 is 16.0 Å². The minimum atomic E-state index is -0.930. The van der Waals surface area contributed by atoms with E-state index in [1.165, 1.54) is 36.4 Å². The van der Waals surface area contributed by atoms with E-state index in [4.69, 9.17) is 4.74 Å². The number of aromatic amines is 1. The Morgan fingerprint density at radius 2 is 1.76 bits per heavy atom. The van der Waals surface area contributed by atoms with Gasteiger partial charge in [-0.05, 0) is 43.3 Å². The molecule has 0 fully saturated rings. The normalized spacial score (nSPS) is 10.9. The lowest BCUT2D eigenvalue weighted by atomic mass is 10.3. The van der Waals surface area contributed by atoms with Gasteiger partial charge in [0.05, 0.1) is 22.9 Å². The molecule has 1 aromatic heterocycles. The summed E-state index contributed by atoms with van der Waals surface area (Å²) in [6, 6.07) is 11.4. The number of aromatic hydroxyl groups is 1. The first kappa shape index (κ1) is 19.5. The Bertz CT molecular complexity index is 1180. The summed E-state index contributed by atoms with van der Waals surface area (Å²) in [4.78, 5) is 36.4. The molecule has 0 aliphatic rings. The number of nitrogens with zero attached hydrogens (tertiary/aromatic N) is 4. The van der Waals surface area contributed by atoms with Gasteiger partial charge in [-0.1, -0.05) is 0 Å². The highest BCUT2D eigenvalue weighted by Gasteiger charge is 2.15. The molecule has 2 N–H and O–H groups in total. The second-order valence-electron chi connectivity index (χ2n) is 5.67. The van der Waals surface area contributed by atoms with Crippen molar-refractivity contribution in [1.29, 1.82) is 0 Å². The van der Waals surface area contributed by atoms with Gasteiger partial charge in [0.2, 0.25) is 11.6 Å². The van der Waals surface area contributed by atoms with Crippen molar-refractivity contribution >= 4 is 17.1 Å². The van der Waals surface area contributed by atoms with Crippen molar-refractivity contribution in [2.45, 2.75) is 6.92 Å². The number of non-ortho nitro benzene ring substituents is 1. The summed E-state index contributed by atoms with van der Waals surface area (Å²) >= 11 is 0. The van der Waals surface area contributed by atoms with Crippen molar-refractivity contribution in [3.8, 4) is 17.3 Å². The second-order valence-corrected chi connectivity index (χ2v) is 5.67. The second kappa shape index (κ2) is 8.17. The van der Waals surface area contributed by atoms with Gasteiger partial charge in [0, 0.05) is 12.1 Å². The van der Waals surface area contributed by atoms with Crippen molar-refractivity contribution in [1.82, 2.24) is 9.55 Å². The van der Waals surface area contributed by atoms with Gasteiger partial charge in [-0.2, -0.15) is 5.11 Å². The highest BCUT2D eigenvalue weighted by Crippen LogP contribution is 2.26. The monoisotopic (exact) mass is 397 g/mol. The molecule has 0 saturated carbocycles. The van der Waals surface area contributed by atoms with Crippen molar-refractivity contribution in [2.24, 2.45) is 10.2 Å². The first-order valence-electron chi connectivity index (χ1n) is 8.38. The van der Waals surface area contributed by atoms with Crippen LogP contribution in [0.25, 0.3) is 5.69 Å². The third-order valence-corrected chi connectivity index (χ3v) is 3.79. The van der Waals surface area contributed by atoms with E-state index in [9.17, 15) is 24.8 Å². The lowest BCUT2D eigenvalue weighted by molar-refractivity contribution is -0.384. The number of H-pyrrole nitrogens is 1. The Morgan fingerprint density at radius 1 is 1.10 bits per heavy atom. The number of ether oxygens (including phenoxy) is 1. The molecule has 0 aliphatic carbocycles. The molecule has 0 spiro atoms. The van der Waals surface area contributed by atoms with Crippen LogP contribution in [0.5, 0.6) is 11.6 Å². The van der Waals surface area contributed by atoms with Gasteiger partial charge >= 0.3 is 5.69 Å². The number of hydrogen-bond donors (Lipinski definition) is 2. The van der Waals surface area contributed by atoms with Crippen molar-refractivity contribution in [3.05, 3.63) is 79.5 Å². The van der Waals surface area contributed by atoms with E-state index < -0.39 is 27.7 Å². The Kier molecular flexibility index (Phi) is 5.49. The van der Waals surface area contributed by atoms with Crippen molar-refractivity contribution < 1.29 is 14.8 Å². The topological polar surface area (TPSA) is 152 Å². The van der Waals surface area contributed by atoms with Crippen LogP contribution in [0.15, 0.2) is 68.3 Å². The number of azo groups is 1. The first-order chi connectivity index (χ1) is 13.9. The molecule has 29 heavy (non-hydrogen) atoms. The Balaban J connectivity index is 1.99. The maximum atomic E-state index is 12.2. The maximum Gasteiger partial charge on any atom is 0.335 e. The van der Waals surface area contributed by atoms with Crippen LogP contribution in [-0.4, -0.2) is 26.2 Å². The number of rotatable bonds is 6. The predicted molar refractivity (Wildman–Crippen MR) is 103 cm³/mol. The van der Waals surface area contributed by atoms with Crippen molar-refractivity contribution in [2.75, 3.05) is 6.61 Å². The lowest BCUT2D eigenvalue weighted by Gasteiger charge is -2.10. The molecule has 11 heteroatoms. The zero-order valence-electron chi connectivity index (χ0n) is 15.1. The molecule has 148 valence electrons. The lowest BCUT2D eigenvalue weighted by Crippen LogP contribution is -2.28. The summed E-state index contributed by atoms with van der Waals surface area (Å²) in [5.74, 6) is -0.125. The first-order valence-corrected chi connectivity index (χ1v) is 8.38. The molecule has 0 bridgehead atoms. The van der Waals surface area contributed by atoms with Gasteiger partial charge < -0.3 is 9.84 Å². The fourth-order valence-electron chi connectivity index (χ4n) is 2.45. The van der Waals surface area contributed by atoms with Gasteiger partial charge in [0.25, 0.3) is 11.2 Å². The Morgan fingerprint density at radius 3 is 2.34 bits per heavy atom. The molecule has 1 heterocycles. The number of nitrogens with one attached hydrogen (secondary N) is 1. The average Bonchev–Trinajstić information content (AvgIpc) is 2.69. The van der Waals surface area contributed by atoms with Gasteiger partial charge in [-0.15, -0.1) is 5.11 Å². The van der Waals surface area contributed by atoms with Gasteiger partial charge in [0.15, 0.2) is 0 Å². The van der Waals surface area contributed by atoms with E-state index in [0.29, 0.717) is 12.4 Å². The van der Waals surface area contributed by atoms with Crippen LogP contribution in [0.1, 0.15) is 6.92 Å². The molecule has 3 aromatic rings. The summed E-state index contributed by atoms with van der Waals surface area (Å²) in [5, 5.41) is 28.6. The Hall–Kier alpha value is -4.28. The van der Waals surface area contributed by atoms with Gasteiger partial charge in [-0.3, -0.25) is 19.9 Å². The highest BCUT2D eigenvalue weighted by molar-refractivity contribution is 5.50. The number of hydrogen-bond acceptors (Lipinski definition) is 8. The van der Waals surface area contributed by atoms with Crippen molar-refractivity contribution in [3.63, 3.8) is 0 Å². The largest absolute Gasteiger partial charge is 0.494 e. The molecule has 3 rings (SSSR count). The highest BCUT2D eigenvalue weighted by atomic mass is 16.6. The Labute approximate surface area is 162 Å². The fraction of sp³-hybridized carbons (Fsp3) is 0.111. The van der Waals surface area contributed by atoms with Crippen LogP contribution in [-0.2, 0) is 0 Å². The average molecular weight is 397 g/mol. The van der Waals surface area contributed by atoms with E-state index in [-0.39, 0.29) is 17.1 Å². The van der Waals surface area contributed by atoms with E-state index in [2.05, 4.69) is 15.2 Å². The molecule has 0 unspecified atom stereocenters.